The van der Waals surface area contributed by atoms with E-state index in [2.05, 4.69) is 15.6 Å². The second-order valence-corrected chi connectivity index (χ2v) is 6.65. The van der Waals surface area contributed by atoms with E-state index in [1.807, 2.05) is 17.8 Å². The number of aryl methyl sites for hydroxylation is 1. The molecule has 2 heterocycles. The minimum Gasteiger partial charge on any atom is -0.341 e. The van der Waals surface area contributed by atoms with Crippen LogP contribution in [0.2, 0.25) is 0 Å². The van der Waals surface area contributed by atoms with Crippen molar-refractivity contribution in [1.29, 1.82) is 0 Å². The molecular weight excluding hydrogens is 400 g/mol. The summed E-state index contributed by atoms with van der Waals surface area (Å²) < 4.78 is 1.87. The maximum atomic E-state index is 13.0. The number of non-ortho nitro benzene ring substituents is 1. The number of nitro benzene ring substituents is 1. The van der Waals surface area contributed by atoms with Gasteiger partial charge < -0.3 is 20.1 Å². The van der Waals surface area contributed by atoms with Crippen LogP contribution < -0.4 is 10.6 Å². The Bertz CT molecular complexity index is 902. The number of hydrogen-bond acceptors (Lipinski definition) is 6. The molecule has 156 valence electrons. The molecule has 1 saturated heterocycles. The molecule has 0 spiro atoms. The number of amides is 2. The molecule has 1 fully saturated rings. The van der Waals surface area contributed by atoms with Crippen molar-refractivity contribution in [3.63, 3.8) is 0 Å². The van der Waals surface area contributed by atoms with E-state index < -0.39 is 16.9 Å². The first-order valence-electron chi connectivity index (χ1n) is 8.92. The number of halogens is 1. The summed E-state index contributed by atoms with van der Waals surface area (Å²) in [6, 6.07) is 4.39. The molecule has 2 aromatic rings. The van der Waals surface area contributed by atoms with Gasteiger partial charge in [-0.2, -0.15) is 0 Å². The van der Waals surface area contributed by atoms with Crippen molar-refractivity contribution < 1.29 is 14.5 Å². The highest BCUT2D eigenvalue weighted by Gasteiger charge is 2.33. The zero-order chi connectivity index (χ0) is 20.3. The smallest absolute Gasteiger partial charge is 0.270 e. The first-order valence-corrected chi connectivity index (χ1v) is 8.92. The highest BCUT2D eigenvalue weighted by Crippen LogP contribution is 2.21. The van der Waals surface area contributed by atoms with Crippen molar-refractivity contribution in [2.24, 2.45) is 7.05 Å². The molecule has 0 aliphatic carbocycles. The van der Waals surface area contributed by atoms with Gasteiger partial charge in [0.2, 0.25) is 5.91 Å². The Morgan fingerprint density at radius 3 is 2.83 bits per heavy atom. The van der Waals surface area contributed by atoms with E-state index in [0.717, 1.165) is 5.82 Å². The second kappa shape index (κ2) is 9.48. The Morgan fingerprint density at radius 1 is 1.41 bits per heavy atom. The highest BCUT2D eigenvalue weighted by atomic mass is 35.5. The summed E-state index contributed by atoms with van der Waals surface area (Å²) in [6.45, 7) is 3.32. The molecule has 2 N–H and O–H groups in total. The molecule has 1 aromatic carbocycles. The van der Waals surface area contributed by atoms with Gasteiger partial charge in [0.15, 0.2) is 0 Å². The number of carbonyl (C=O) groups is 2. The van der Waals surface area contributed by atoms with Crippen LogP contribution in [0.4, 0.5) is 5.69 Å². The minimum absolute atomic E-state index is 0. The topological polar surface area (TPSA) is 122 Å². The number of aromatic nitrogens is 2. The fraction of sp³-hybridized carbons (Fsp3) is 0.389. The number of imidazole rings is 1. The summed E-state index contributed by atoms with van der Waals surface area (Å²) in [5.74, 6) is -0.000678. The van der Waals surface area contributed by atoms with Crippen LogP contribution in [0.5, 0.6) is 0 Å². The van der Waals surface area contributed by atoms with Gasteiger partial charge in [-0.15, -0.1) is 12.4 Å². The van der Waals surface area contributed by atoms with Crippen molar-refractivity contribution in [2.75, 3.05) is 19.6 Å². The molecule has 2 atom stereocenters. The summed E-state index contributed by atoms with van der Waals surface area (Å²) in [5.41, 5.74) is -0.0432. The quantitative estimate of drug-likeness (QED) is 0.548. The molecule has 0 saturated carbocycles. The first-order chi connectivity index (χ1) is 13.4. The number of nitrogens with one attached hydrogen (secondary N) is 2. The molecule has 0 radical (unpaired) electrons. The summed E-state index contributed by atoms with van der Waals surface area (Å²) in [5, 5.41) is 16.8. The number of benzene rings is 1. The van der Waals surface area contributed by atoms with Crippen LogP contribution >= 0.6 is 12.4 Å². The molecule has 29 heavy (non-hydrogen) atoms. The third kappa shape index (κ3) is 4.90. The molecule has 2 amide bonds. The van der Waals surface area contributed by atoms with Crippen molar-refractivity contribution in [2.45, 2.75) is 19.0 Å². The summed E-state index contributed by atoms with van der Waals surface area (Å²) in [4.78, 5) is 41.8. The maximum absolute atomic E-state index is 13.0. The number of nitrogens with zero attached hydrogens (tertiary/aromatic N) is 4. The van der Waals surface area contributed by atoms with Crippen LogP contribution in [0.25, 0.3) is 0 Å². The average molecular weight is 423 g/mol. The van der Waals surface area contributed by atoms with Gasteiger partial charge in [-0.3, -0.25) is 19.7 Å². The first kappa shape index (κ1) is 22.3. The number of piperazine rings is 1. The number of rotatable bonds is 5. The van der Waals surface area contributed by atoms with Crippen molar-refractivity contribution in [1.82, 2.24) is 25.1 Å². The standard InChI is InChI=1S/C18H22N6O4.ClH/c1-12(21-17(25)13-4-3-5-14(10-13)24(27)28)18(26)23-9-6-19-11-15(23)16-20-7-8-22(16)2;/h3-5,7-8,10,12,15,19H,6,9,11H2,1-2H3,(H,21,25);1H. The molecular formula is C18H23ClN6O4. The Kier molecular flexibility index (Phi) is 7.29. The van der Waals surface area contributed by atoms with Crippen LogP contribution in [0.3, 0.4) is 0 Å². The lowest BCUT2D eigenvalue weighted by molar-refractivity contribution is -0.384. The van der Waals surface area contributed by atoms with E-state index in [4.69, 9.17) is 0 Å². The highest BCUT2D eigenvalue weighted by molar-refractivity contribution is 5.98. The van der Waals surface area contributed by atoms with Crippen molar-refractivity contribution in [3.05, 3.63) is 58.2 Å². The zero-order valence-electron chi connectivity index (χ0n) is 16.1. The number of nitro groups is 1. The van der Waals surface area contributed by atoms with Gasteiger partial charge >= 0.3 is 0 Å². The number of carbonyl (C=O) groups excluding carboxylic acids is 2. The molecule has 11 heteroatoms. The molecule has 1 aliphatic heterocycles. The summed E-state index contributed by atoms with van der Waals surface area (Å²) in [6.07, 6.45) is 3.50. The van der Waals surface area contributed by atoms with Crippen LogP contribution in [-0.2, 0) is 11.8 Å². The molecule has 3 rings (SSSR count). The van der Waals surface area contributed by atoms with Crippen LogP contribution in [0.15, 0.2) is 36.7 Å². The van der Waals surface area contributed by atoms with Gasteiger partial charge in [-0.05, 0) is 13.0 Å². The minimum atomic E-state index is -0.785. The van der Waals surface area contributed by atoms with Gasteiger partial charge in [0.05, 0.1) is 4.92 Å². The van der Waals surface area contributed by atoms with Crippen molar-refractivity contribution in [3.8, 4) is 0 Å². The monoisotopic (exact) mass is 422 g/mol. The fourth-order valence-electron chi connectivity index (χ4n) is 3.25. The normalized spacial score (nSPS) is 17.2. The lowest BCUT2D eigenvalue weighted by Crippen LogP contribution is -2.54. The Balaban J connectivity index is 0.00000300. The number of hydrogen-bond donors (Lipinski definition) is 2. The maximum Gasteiger partial charge on any atom is 0.270 e. The van der Waals surface area contributed by atoms with Gasteiger partial charge in [0.1, 0.15) is 17.9 Å². The lowest BCUT2D eigenvalue weighted by atomic mass is 10.1. The summed E-state index contributed by atoms with van der Waals surface area (Å²) >= 11 is 0. The Morgan fingerprint density at radius 2 is 2.17 bits per heavy atom. The third-order valence-corrected chi connectivity index (χ3v) is 4.72. The van der Waals surface area contributed by atoms with Gasteiger partial charge in [-0.25, -0.2) is 4.98 Å². The van der Waals surface area contributed by atoms with Crippen molar-refractivity contribution >= 4 is 29.9 Å². The Labute approximate surface area is 173 Å². The van der Waals surface area contributed by atoms with Gasteiger partial charge in [-0.1, -0.05) is 6.07 Å². The van der Waals surface area contributed by atoms with E-state index >= 15 is 0 Å². The van der Waals surface area contributed by atoms with Crippen LogP contribution in [0.1, 0.15) is 29.1 Å². The second-order valence-electron chi connectivity index (χ2n) is 6.65. The molecule has 10 nitrogen and oxygen atoms in total. The fourth-order valence-corrected chi connectivity index (χ4v) is 3.25. The van der Waals surface area contributed by atoms with Gasteiger partial charge in [0.25, 0.3) is 11.6 Å². The van der Waals surface area contributed by atoms with Gasteiger partial charge in [0, 0.05) is 56.8 Å². The van der Waals surface area contributed by atoms with E-state index in [-0.39, 0.29) is 35.6 Å². The predicted octanol–water partition coefficient (Wildman–Crippen LogP) is 1.04. The molecule has 0 bridgehead atoms. The molecule has 2 unspecified atom stereocenters. The largest absolute Gasteiger partial charge is 0.341 e. The van der Waals surface area contributed by atoms with E-state index in [1.165, 1.54) is 24.3 Å². The van der Waals surface area contributed by atoms with E-state index in [0.29, 0.717) is 19.6 Å². The lowest BCUT2D eigenvalue weighted by Gasteiger charge is -2.37. The Hall–Kier alpha value is -2.98. The SMILES string of the molecule is CC(NC(=O)c1cccc([N+](=O)[O-])c1)C(=O)N1CCNCC1c1nccn1C.Cl. The van der Waals surface area contributed by atoms with Crippen LogP contribution in [-0.4, -0.2) is 56.9 Å². The molecule has 1 aromatic heterocycles. The van der Waals surface area contributed by atoms with E-state index in [1.54, 1.807) is 18.0 Å². The van der Waals surface area contributed by atoms with Crippen LogP contribution in [0, 0.1) is 10.1 Å². The zero-order valence-corrected chi connectivity index (χ0v) is 16.9. The summed E-state index contributed by atoms with van der Waals surface area (Å²) in [7, 11) is 1.87. The average Bonchev–Trinajstić information content (AvgIpc) is 3.13. The van der Waals surface area contributed by atoms with E-state index in [9.17, 15) is 19.7 Å². The molecule has 1 aliphatic rings. The third-order valence-electron chi connectivity index (χ3n) is 4.72. The predicted molar refractivity (Wildman–Crippen MR) is 108 cm³/mol.